The lowest BCUT2D eigenvalue weighted by atomic mass is 9.97. The number of methoxy groups -OCH3 is 1. The number of alkyl halides is 3. The summed E-state index contributed by atoms with van der Waals surface area (Å²) in [7, 11) is -2.77. The summed E-state index contributed by atoms with van der Waals surface area (Å²) in [5.74, 6) is -1.27. The van der Waals surface area contributed by atoms with Crippen LogP contribution >= 0.6 is 0 Å². The van der Waals surface area contributed by atoms with E-state index in [0.717, 1.165) is 19.2 Å². The van der Waals surface area contributed by atoms with E-state index in [4.69, 9.17) is 0 Å². The second kappa shape index (κ2) is 5.67. The Labute approximate surface area is 120 Å². The molecule has 0 N–H and O–H groups in total. The Hall–Kier alpha value is -1.57. The Morgan fingerprint density at radius 2 is 1.62 bits per heavy atom. The Kier molecular flexibility index (Phi) is 4.72. The summed E-state index contributed by atoms with van der Waals surface area (Å²) in [6, 6.07) is 3.15. The zero-order valence-corrected chi connectivity index (χ0v) is 12.5. The first-order chi connectivity index (χ1) is 9.40. The third-order valence-corrected chi connectivity index (χ3v) is 4.92. The lowest BCUT2D eigenvalue weighted by Gasteiger charge is -2.21. The van der Waals surface area contributed by atoms with Gasteiger partial charge in [-0.3, -0.25) is 4.79 Å². The predicted molar refractivity (Wildman–Crippen MR) is 69.3 cm³/mol. The van der Waals surface area contributed by atoms with Crippen LogP contribution in [0.5, 0.6) is 0 Å². The third-order valence-electron chi connectivity index (χ3n) is 2.83. The van der Waals surface area contributed by atoms with Gasteiger partial charge in [-0.2, -0.15) is 13.2 Å². The van der Waals surface area contributed by atoms with E-state index in [2.05, 4.69) is 4.74 Å². The number of halogens is 3. The van der Waals surface area contributed by atoms with Gasteiger partial charge in [0.05, 0.1) is 28.7 Å². The van der Waals surface area contributed by atoms with Crippen molar-refractivity contribution >= 4 is 15.8 Å². The number of hydrogen-bond donors (Lipinski definition) is 0. The highest BCUT2D eigenvalue weighted by Gasteiger charge is 2.36. The molecule has 0 spiro atoms. The molecule has 0 saturated heterocycles. The van der Waals surface area contributed by atoms with Crippen LogP contribution in [-0.4, -0.2) is 27.2 Å². The minimum Gasteiger partial charge on any atom is -0.469 e. The van der Waals surface area contributed by atoms with Gasteiger partial charge in [-0.1, -0.05) is 0 Å². The summed E-state index contributed by atoms with van der Waals surface area (Å²) >= 11 is 0. The fourth-order valence-corrected chi connectivity index (χ4v) is 3.53. The molecule has 0 aliphatic rings. The van der Waals surface area contributed by atoms with E-state index in [1.165, 1.54) is 13.8 Å². The highest BCUT2D eigenvalue weighted by molar-refractivity contribution is 7.91. The van der Waals surface area contributed by atoms with Crippen LogP contribution in [0.3, 0.4) is 0 Å². The monoisotopic (exact) mass is 324 g/mol. The first-order valence-corrected chi connectivity index (χ1v) is 7.54. The molecule has 0 unspecified atom stereocenters. The van der Waals surface area contributed by atoms with Crippen molar-refractivity contribution < 1.29 is 31.1 Å². The lowest BCUT2D eigenvalue weighted by Crippen LogP contribution is -2.33. The summed E-state index contributed by atoms with van der Waals surface area (Å²) in [6.07, 6.45) is -4.53. The standard InChI is InChI=1S/C13H15F3O4S/c1-12(2,11(17)20-3)8-21(18,19)10-6-4-9(5-7-10)13(14,15)16/h4-7H,8H2,1-3H3. The van der Waals surface area contributed by atoms with Crippen LogP contribution in [0.2, 0.25) is 0 Å². The number of rotatable bonds is 4. The van der Waals surface area contributed by atoms with Crippen molar-refractivity contribution in [2.45, 2.75) is 24.9 Å². The molecule has 1 rings (SSSR count). The molecule has 0 radical (unpaired) electrons. The van der Waals surface area contributed by atoms with Crippen molar-refractivity contribution in [1.82, 2.24) is 0 Å². The first-order valence-electron chi connectivity index (χ1n) is 5.88. The van der Waals surface area contributed by atoms with Gasteiger partial charge < -0.3 is 4.74 Å². The van der Waals surface area contributed by atoms with Gasteiger partial charge in [0.1, 0.15) is 0 Å². The quantitative estimate of drug-likeness (QED) is 0.799. The number of ether oxygens (including phenoxy) is 1. The molecule has 0 bridgehead atoms. The van der Waals surface area contributed by atoms with Gasteiger partial charge in [0.2, 0.25) is 0 Å². The molecule has 0 amide bonds. The number of hydrogen-bond acceptors (Lipinski definition) is 4. The number of carbonyl (C=O) groups is 1. The molecule has 0 fully saturated rings. The normalized spacial score (nSPS) is 13.0. The van der Waals surface area contributed by atoms with Crippen LogP contribution in [0.1, 0.15) is 19.4 Å². The van der Waals surface area contributed by atoms with E-state index in [1.54, 1.807) is 0 Å². The second-order valence-electron chi connectivity index (χ2n) is 5.16. The minimum atomic E-state index is -4.53. The average Bonchev–Trinajstić information content (AvgIpc) is 2.35. The van der Waals surface area contributed by atoms with Crippen molar-refractivity contribution in [2.24, 2.45) is 5.41 Å². The van der Waals surface area contributed by atoms with Gasteiger partial charge in [0, 0.05) is 0 Å². The van der Waals surface area contributed by atoms with E-state index in [0.29, 0.717) is 12.1 Å². The van der Waals surface area contributed by atoms with Crippen molar-refractivity contribution in [3.63, 3.8) is 0 Å². The van der Waals surface area contributed by atoms with Crippen molar-refractivity contribution in [3.8, 4) is 0 Å². The molecule has 118 valence electrons. The maximum Gasteiger partial charge on any atom is 0.416 e. The molecule has 21 heavy (non-hydrogen) atoms. The molecular weight excluding hydrogens is 309 g/mol. The Bertz CT molecular complexity index is 616. The molecule has 0 aliphatic carbocycles. The zero-order chi connectivity index (χ0) is 16.5. The highest BCUT2D eigenvalue weighted by Crippen LogP contribution is 2.31. The molecule has 0 saturated carbocycles. The van der Waals surface area contributed by atoms with Crippen molar-refractivity contribution in [3.05, 3.63) is 29.8 Å². The molecular formula is C13H15F3O4S. The molecule has 8 heteroatoms. The fourth-order valence-electron chi connectivity index (χ4n) is 1.74. The van der Waals surface area contributed by atoms with E-state index in [9.17, 15) is 26.4 Å². The van der Waals surface area contributed by atoms with Crippen LogP contribution < -0.4 is 0 Å². The average molecular weight is 324 g/mol. The molecule has 0 aliphatic heterocycles. The van der Waals surface area contributed by atoms with Crippen LogP contribution in [0.15, 0.2) is 29.2 Å². The van der Waals surface area contributed by atoms with E-state index in [-0.39, 0.29) is 4.90 Å². The topological polar surface area (TPSA) is 60.4 Å². The summed E-state index contributed by atoms with van der Waals surface area (Å²) in [6.45, 7) is 2.78. The van der Waals surface area contributed by atoms with E-state index >= 15 is 0 Å². The van der Waals surface area contributed by atoms with E-state index < -0.39 is 38.7 Å². The highest BCUT2D eigenvalue weighted by atomic mass is 32.2. The predicted octanol–water partition coefficient (Wildman–Crippen LogP) is 2.68. The summed E-state index contributed by atoms with van der Waals surface area (Å²) in [5, 5.41) is 0. The lowest BCUT2D eigenvalue weighted by molar-refractivity contribution is -0.149. The second-order valence-corrected chi connectivity index (χ2v) is 7.15. The van der Waals surface area contributed by atoms with Crippen LogP contribution in [-0.2, 0) is 25.5 Å². The number of sulfone groups is 1. The summed E-state index contributed by atoms with van der Waals surface area (Å²) in [5.41, 5.74) is -2.23. The van der Waals surface area contributed by atoms with Crippen LogP contribution in [0.25, 0.3) is 0 Å². The Morgan fingerprint density at radius 3 is 2.00 bits per heavy atom. The van der Waals surface area contributed by atoms with Crippen molar-refractivity contribution in [2.75, 3.05) is 12.9 Å². The van der Waals surface area contributed by atoms with Gasteiger partial charge in [-0.15, -0.1) is 0 Å². The fraction of sp³-hybridized carbons (Fsp3) is 0.462. The first kappa shape index (κ1) is 17.5. The SMILES string of the molecule is COC(=O)C(C)(C)CS(=O)(=O)c1ccc(C(F)(F)F)cc1. The van der Waals surface area contributed by atoms with Gasteiger partial charge >= 0.3 is 12.1 Å². The largest absolute Gasteiger partial charge is 0.469 e. The summed E-state index contributed by atoms with van der Waals surface area (Å²) < 4.78 is 66.1. The maximum atomic E-state index is 12.4. The summed E-state index contributed by atoms with van der Waals surface area (Å²) in [4.78, 5) is 11.2. The van der Waals surface area contributed by atoms with Crippen LogP contribution in [0, 0.1) is 5.41 Å². The van der Waals surface area contributed by atoms with Gasteiger partial charge in [-0.05, 0) is 38.1 Å². The van der Waals surface area contributed by atoms with Crippen LogP contribution in [0.4, 0.5) is 13.2 Å². The molecule has 0 aromatic heterocycles. The Balaban J connectivity index is 3.07. The molecule has 1 aromatic rings. The molecule has 1 aromatic carbocycles. The number of esters is 1. The molecule has 0 atom stereocenters. The number of carbonyl (C=O) groups excluding carboxylic acids is 1. The van der Waals surface area contributed by atoms with Gasteiger partial charge in [-0.25, -0.2) is 8.42 Å². The van der Waals surface area contributed by atoms with Gasteiger partial charge in [0.25, 0.3) is 0 Å². The molecule has 4 nitrogen and oxygen atoms in total. The zero-order valence-electron chi connectivity index (χ0n) is 11.7. The maximum absolute atomic E-state index is 12.4. The van der Waals surface area contributed by atoms with E-state index in [1.807, 2.05) is 0 Å². The van der Waals surface area contributed by atoms with Crippen molar-refractivity contribution in [1.29, 1.82) is 0 Å². The minimum absolute atomic E-state index is 0.271. The van der Waals surface area contributed by atoms with Gasteiger partial charge in [0.15, 0.2) is 9.84 Å². The Morgan fingerprint density at radius 1 is 1.14 bits per heavy atom. The number of benzene rings is 1. The smallest absolute Gasteiger partial charge is 0.416 e. The molecule has 0 heterocycles. The third kappa shape index (κ3) is 4.20.